The highest BCUT2D eigenvalue weighted by Gasteiger charge is 2.26. The van der Waals surface area contributed by atoms with E-state index in [1.807, 2.05) is 0 Å². The number of nitrogens with zero attached hydrogens (tertiary/aromatic N) is 4. The number of carbonyl (C=O) groups excluding carboxylic acids is 1. The number of hydrogen-bond donors (Lipinski definition) is 0. The number of ether oxygens (including phenoxy) is 1. The van der Waals surface area contributed by atoms with Crippen molar-refractivity contribution in [2.75, 3.05) is 6.61 Å². The lowest BCUT2D eigenvalue weighted by molar-refractivity contribution is 0.0514. The third kappa shape index (κ3) is 3.76. The highest BCUT2D eigenvalue weighted by molar-refractivity contribution is 6.74. The molecule has 2 heterocycles. The molecule has 0 aliphatic heterocycles. The second-order valence-corrected chi connectivity index (χ2v) is 11.5. The maximum absolute atomic E-state index is 13.0. The fourth-order valence-corrected chi connectivity index (χ4v) is 3.08. The van der Waals surface area contributed by atoms with Crippen molar-refractivity contribution < 1.29 is 13.9 Å². The van der Waals surface area contributed by atoms with Gasteiger partial charge in [-0.3, -0.25) is 4.98 Å². The lowest BCUT2D eigenvalue weighted by Crippen LogP contribution is -2.31. The number of carbonyl (C=O) groups is 1. The molecule has 0 aromatic carbocycles. The maximum Gasteiger partial charge on any atom is 0.359 e. The fourth-order valence-electron chi connectivity index (χ4n) is 1.96. The number of pyridine rings is 1. The molecule has 2 rings (SSSR count). The van der Waals surface area contributed by atoms with Crippen molar-refractivity contribution in [1.82, 2.24) is 20.0 Å². The van der Waals surface area contributed by atoms with E-state index in [0.29, 0.717) is 17.6 Å². The Morgan fingerprint density at radius 3 is 2.64 bits per heavy atom. The van der Waals surface area contributed by atoms with Gasteiger partial charge >= 0.3 is 5.97 Å². The molecule has 0 radical (unpaired) electrons. The van der Waals surface area contributed by atoms with E-state index in [4.69, 9.17) is 4.74 Å². The average Bonchev–Trinajstić information content (AvgIpc) is 2.81. The first kappa shape index (κ1) is 16.3. The molecule has 0 unspecified atom stereocenters. The molecule has 0 atom stereocenters. The SMILES string of the molecule is CCOC(=O)c1c(-c2ccc(F)cn2)nnn1C[Si](C)(C)C. The zero-order valence-electron chi connectivity index (χ0n) is 13.1. The molecular weight excluding hydrogens is 303 g/mol. The fraction of sp³-hybridized carbons (Fsp3) is 0.429. The molecule has 2 aromatic rings. The molecule has 22 heavy (non-hydrogen) atoms. The van der Waals surface area contributed by atoms with E-state index in [-0.39, 0.29) is 12.3 Å². The van der Waals surface area contributed by atoms with Crippen LogP contribution in [0.5, 0.6) is 0 Å². The van der Waals surface area contributed by atoms with E-state index >= 15 is 0 Å². The van der Waals surface area contributed by atoms with Crippen LogP contribution in [0, 0.1) is 5.82 Å². The summed E-state index contributed by atoms with van der Waals surface area (Å²) in [6.45, 7) is 8.49. The minimum absolute atomic E-state index is 0.257. The molecule has 0 fully saturated rings. The Hall–Kier alpha value is -2.09. The normalized spacial score (nSPS) is 11.5. The lowest BCUT2D eigenvalue weighted by Gasteiger charge is -2.16. The maximum atomic E-state index is 13.0. The van der Waals surface area contributed by atoms with Crippen LogP contribution >= 0.6 is 0 Å². The van der Waals surface area contributed by atoms with Crippen molar-refractivity contribution in [1.29, 1.82) is 0 Å². The summed E-state index contributed by atoms with van der Waals surface area (Å²) < 4.78 is 19.7. The number of aromatic nitrogens is 4. The van der Waals surface area contributed by atoms with Gasteiger partial charge in [-0.1, -0.05) is 24.9 Å². The second kappa shape index (κ2) is 6.35. The standard InChI is InChI=1S/C14H19FN4O2Si/c1-5-21-14(20)13-12(11-7-6-10(15)8-16-11)17-18-19(13)9-22(2,3)4/h6-8H,5,9H2,1-4H3. The molecule has 0 bridgehead atoms. The van der Waals surface area contributed by atoms with E-state index in [9.17, 15) is 9.18 Å². The molecule has 118 valence electrons. The Labute approximate surface area is 129 Å². The van der Waals surface area contributed by atoms with E-state index < -0.39 is 19.9 Å². The number of hydrogen-bond acceptors (Lipinski definition) is 5. The molecule has 0 saturated carbocycles. The first-order chi connectivity index (χ1) is 10.3. The van der Waals surface area contributed by atoms with Gasteiger partial charge in [0.05, 0.1) is 26.6 Å². The van der Waals surface area contributed by atoms with Crippen molar-refractivity contribution in [2.24, 2.45) is 0 Å². The molecule has 0 amide bonds. The summed E-state index contributed by atoms with van der Waals surface area (Å²) in [7, 11) is -1.52. The second-order valence-electron chi connectivity index (χ2n) is 6.09. The van der Waals surface area contributed by atoms with Gasteiger partial charge in [0, 0.05) is 6.17 Å². The zero-order valence-corrected chi connectivity index (χ0v) is 14.1. The van der Waals surface area contributed by atoms with Gasteiger partial charge < -0.3 is 4.74 Å². The van der Waals surface area contributed by atoms with Crippen molar-refractivity contribution in [3.63, 3.8) is 0 Å². The van der Waals surface area contributed by atoms with Gasteiger partial charge in [-0.15, -0.1) is 5.10 Å². The van der Waals surface area contributed by atoms with Crippen LogP contribution in [0.2, 0.25) is 19.6 Å². The van der Waals surface area contributed by atoms with Gasteiger partial charge in [0.1, 0.15) is 11.5 Å². The van der Waals surface area contributed by atoms with Crippen LogP contribution in [-0.4, -0.2) is 40.6 Å². The van der Waals surface area contributed by atoms with Crippen LogP contribution in [0.3, 0.4) is 0 Å². The predicted molar refractivity (Wildman–Crippen MR) is 82.5 cm³/mol. The smallest absolute Gasteiger partial charge is 0.359 e. The van der Waals surface area contributed by atoms with E-state index in [1.165, 1.54) is 12.1 Å². The summed E-state index contributed by atoms with van der Waals surface area (Å²) >= 11 is 0. The van der Waals surface area contributed by atoms with Gasteiger partial charge in [-0.25, -0.2) is 13.9 Å². The molecule has 0 aliphatic rings. The molecule has 0 aliphatic carbocycles. The van der Waals surface area contributed by atoms with Crippen LogP contribution in [0.25, 0.3) is 11.4 Å². The Kier molecular flexibility index (Phi) is 4.70. The summed E-state index contributed by atoms with van der Waals surface area (Å²) in [5, 5.41) is 8.12. The van der Waals surface area contributed by atoms with Crippen LogP contribution < -0.4 is 0 Å². The largest absolute Gasteiger partial charge is 0.461 e. The van der Waals surface area contributed by atoms with Crippen LogP contribution in [-0.2, 0) is 10.9 Å². The van der Waals surface area contributed by atoms with Crippen LogP contribution in [0.4, 0.5) is 4.39 Å². The van der Waals surface area contributed by atoms with Crippen molar-refractivity contribution in [3.05, 3.63) is 29.8 Å². The van der Waals surface area contributed by atoms with Crippen molar-refractivity contribution in [2.45, 2.75) is 32.7 Å². The third-order valence-electron chi connectivity index (χ3n) is 2.80. The highest BCUT2D eigenvalue weighted by Crippen LogP contribution is 2.21. The molecular formula is C14H19FN4O2Si. The van der Waals surface area contributed by atoms with Gasteiger partial charge in [-0.2, -0.15) is 0 Å². The van der Waals surface area contributed by atoms with E-state index in [1.54, 1.807) is 11.6 Å². The van der Waals surface area contributed by atoms with Crippen molar-refractivity contribution in [3.8, 4) is 11.4 Å². The number of halogens is 1. The lowest BCUT2D eigenvalue weighted by atomic mass is 10.2. The molecule has 6 nitrogen and oxygen atoms in total. The Morgan fingerprint density at radius 1 is 1.36 bits per heavy atom. The average molecular weight is 322 g/mol. The van der Waals surface area contributed by atoms with Gasteiger partial charge in [-0.05, 0) is 19.1 Å². The molecule has 2 aromatic heterocycles. The van der Waals surface area contributed by atoms with Crippen LogP contribution in [0.15, 0.2) is 18.3 Å². The Bertz CT molecular complexity index is 664. The quantitative estimate of drug-likeness (QED) is 0.625. The highest BCUT2D eigenvalue weighted by atomic mass is 28.3. The van der Waals surface area contributed by atoms with E-state index in [2.05, 4.69) is 34.9 Å². The third-order valence-corrected chi connectivity index (χ3v) is 4.05. The summed E-state index contributed by atoms with van der Waals surface area (Å²) in [6, 6.07) is 2.75. The summed E-state index contributed by atoms with van der Waals surface area (Å²) in [5.74, 6) is -0.942. The predicted octanol–water partition coefficient (Wildman–Crippen LogP) is 2.53. The zero-order chi connectivity index (χ0) is 16.3. The van der Waals surface area contributed by atoms with Gasteiger partial charge in [0.2, 0.25) is 0 Å². The molecule has 0 N–H and O–H groups in total. The summed E-state index contributed by atoms with van der Waals surface area (Å²) in [4.78, 5) is 16.2. The summed E-state index contributed by atoms with van der Waals surface area (Å²) in [6.07, 6.45) is 1.72. The van der Waals surface area contributed by atoms with Crippen LogP contribution in [0.1, 0.15) is 17.4 Å². The van der Waals surface area contributed by atoms with Gasteiger partial charge in [0.15, 0.2) is 5.69 Å². The monoisotopic (exact) mass is 322 g/mol. The molecule has 0 spiro atoms. The van der Waals surface area contributed by atoms with Gasteiger partial charge in [0.25, 0.3) is 0 Å². The number of rotatable bonds is 5. The summed E-state index contributed by atoms with van der Waals surface area (Å²) in [5.41, 5.74) is 0.978. The minimum Gasteiger partial charge on any atom is -0.461 e. The molecule has 8 heteroatoms. The Balaban J connectivity index is 2.49. The van der Waals surface area contributed by atoms with Crippen molar-refractivity contribution >= 4 is 14.0 Å². The van der Waals surface area contributed by atoms with E-state index in [0.717, 1.165) is 6.20 Å². The number of esters is 1. The molecule has 0 saturated heterocycles. The minimum atomic E-state index is -1.52. The Morgan fingerprint density at radius 2 is 2.09 bits per heavy atom. The first-order valence-electron chi connectivity index (χ1n) is 7.04. The first-order valence-corrected chi connectivity index (χ1v) is 10.7. The topological polar surface area (TPSA) is 69.9 Å².